The summed E-state index contributed by atoms with van der Waals surface area (Å²) in [5.74, 6) is 5.41. The number of hydrogen-bond acceptors (Lipinski definition) is 2. The van der Waals surface area contributed by atoms with Crippen LogP contribution in [0.4, 0.5) is 4.79 Å². The second-order valence-electron chi connectivity index (χ2n) is 3.40. The van der Waals surface area contributed by atoms with Crippen molar-refractivity contribution in [3.8, 4) is 11.8 Å². The molecular formula is C13H16N2O2. The van der Waals surface area contributed by atoms with Crippen LogP contribution in [0, 0.1) is 11.8 Å². The van der Waals surface area contributed by atoms with Crippen LogP contribution in [0.5, 0.6) is 0 Å². The van der Waals surface area contributed by atoms with E-state index in [2.05, 4.69) is 22.5 Å². The zero-order chi connectivity index (χ0) is 12.5. The van der Waals surface area contributed by atoms with E-state index >= 15 is 0 Å². The number of urea groups is 1. The van der Waals surface area contributed by atoms with Crippen molar-refractivity contribution in [1.29, 1.82) is 0 Å². The maximum absolute atomic E-state index is 11.5. The first kappa shape index (κ1) is 13.1. The molecule has 90 valence electrons. The fraction of sp³-hybridized carbons (Fsp3) is 0.308. The standard InChI is InChI=1S/C13H16N2O2/c1-2-3-9-14-13(17)15-12(10-16)11-7-5-4-6-8-11/h4-8,12,16H,9-10H2,1H3,(H2,14,15,17)/t12-/m0/s1. The Hall–Kier alpha value is -1.99. The zero-order valence-corrected chi connectivity index (χ0v) is 9.73. The summed E-state index contributed by atoms with van der Waals surface area (Å²) >= 11 is 0. The summed E-state index contributed by atoms with van der Waals surface area (Å²) in [4.78, 5) is 11.5. The number of carbonyl (C=O) groups is 1. The van der Waals surface area contributed by atoms with Crippen molar-refractivity contribution in [3.05, 3.63) is 35.9 Å². The van der Waals surface area contributed by atoms with Crippen molar-refractivity contribution < 1.29 is 9.90 Å². The van der Waals surface area contributed by atoms with Gasteiger partial charge in [0.2, 0.25) is 0 Å². The number of benzene rings is 1. The van der Waals surface area contributed by atoms with Crippen LogP contribution in [0.2, 0.25) is 0 Å². The summed E-state index contributed by atoms with van der Waals surface area (Å²) < 4.78 is 0. The number of carbonyl (C=O) groups excluding carboxylic acids is 1. The molecule has 0 aliphatic heterocycles. The van der Waals surface area contributed by atoms with E-state index in [4.69, 9.17) is 0 Å². The predicted octanol–water partition coefficient (Wildman–Crippen LogP) is 1.04. The Labute approximate surface area is 101 Å². The van der Waals surface area contributed by atoms with Crippen molar-refractivity contribution in [1.82, 2.24) is 10.6 Å². The van der Waals surface area contributed by atoms with Gasteiger partial charge in [-0.2, -0.15) is 0 Å². The van der Waals surface area contributed by atoms with Gasteiger partial charge in [-0.1, -0.05) is 36.3 Å². The third-order valence-electron chi connectivity index (χ3n) is 2.20. The molecule has 4 heteroatoms. The molecule has 0 heterocycles. The van der Waals surface area contributed by atoms with Gasteiger partial charge in [0.05, 0.1) is 19.2 Å². The van der Waals surface area contributed by atoms with Crippen LogP contribution in [0.25, 0.3) is 0 Å². The Morgan fingerprint density at radius 3 is 2.71 bits per heavy atom. The second-order valence-corrected chi connectivity index (χ2v) is 3.40. The van der Waals surface area contributed by atoms with Crippen molar-refractivity contribution in [2.45, 2.75) is 13.0 Å². The van der Waals surface area contributed by atoms with E-state index in [0.29, 0.717) is 6.54 Å². The van der Waals surface area contributed by atoms with Crippen molar-refractivity contribution >= 4 is 6.03 Å². The molecule has 1 aromatic carbocycles. The minimum atomic E-state index is -0.397. The van der Waals surface area contributed by atoms with Gasteiger partial charge in [0, 0.05) is 0 Å². The molecule has 0 unspecified atom stereocenters. The van der Waals surface area contributed by atoms with Crippen molar-refractivity contribution in [2.24, 2.45) is 0 Å². The number of amides is 2. The Morgan fingerprint density at radius 2 is 2.12 bits per heavy atom. The molecule has 3 N–H and O–H groups in total. The summed E-state index contributed by atoms with van der Waals surface area (Å²) in [7, 11) is 0. The van der Waals surface area contributed by atoms with Gasteiger partial charge >= 0.3 is 6.03 Å². The molecule has 0 aromatic heterocycles. The second kappa shape index (κ2) is 7.31. The summed E-state index contributed by atoms with van der Waals surface area (Å²) in [6, 6.07) is 8.58. The highest BCUT2D eigenvalue weighted by molar-refractivity contribution is 5.74. The minimum Gasteiger partial charge on any atom is -0.394 e. The Morgan fingerprint density at radius 1 is 1.41 bits per heavy atom. The topological polar surface area (TPSA) is 61.4 Å². The van der Waals surface area contributed by atoms with E-state index in [1.54, 1.807) is 6.92 Å². The van der Waals surface area contributed by atoms with Crippen molar-refractivity contribution in [2.75, 3.05) is 13.2 Å². The maximum Gasteiger partial charge on any atom is 0.316 e. The molecule has 0 radical (unpaired) electrons. The van der Waals surface area contributed by atoms with E-state index < -0.39 is 6.04 Å². The van der Waals surface area contributed by atoms with Crippen LogP contribution in [0.3, 0.4) is 0 Å². The number of hydrogen-bond donors (Lipinski definition) is 3. The molecule has 0 fully saturated rings. The fourth-order valence-electron chi connectivity index (χ4n) is 1.34. The van der Waals surface area contributed by atoms with E-state index in [0.717, 1.165) is 5.56 Å². The van der Waals surface area contributed by atoms with Crippen LogP contribution < -0.4 is 10.6 Å². The average molecular weight is 232 g/mol. The molecule has 17 heavy (non-hydrogen) atoms. The number of aliphatic hydroxyl groups is 1. The first-order chi connectivity index (χ1) is 8.27. The average Bonchev–Trinajstić information content (AvgIpc) is 2.37. The molecule has 0 spiro atoms. The summed E-state index contributed by atoms with van der Waals surface area (Å²) in [5, 5.41) is 14.5. The third kappa shape index (κ3) is 4.58. The molecule has 4 nitrogen and oxygen atoms in total. The molecule has 0 aliphatic rings. The predicted molar refractivity (Wildman–Crippen MR) is 66.3 cm³/mol. The van der Waals surface area contributed by atoms with E-state index in [-0.39, 0.29) is 12.6 Å². The smallest absolute Gasteiger partial charge is 0.316 e. The van der Waals surface area contributed by atoms with Gasteiger partial charge in [-0.3, -0.25) is 0 Å². The molecule has 2 amide bonds. The van der Waals surface area contributed by atoms with Gasteiger partial charge in [-0.15, -0.1) is 5.92 Å². The maximum atomic E-state index is 11.5. The molecule has 0 saturated heterocycles. The quantitative estimate of drug-likeness (QED) is 0.679. The number of aliphatic hydroxyl groups excluding tert-OH is 1. The monoisotopic (exact) mass is 232 g/mol. The van der Waals surface area contributed by atoms with E-state index in [1.165, 1.54) is 0 Å². The summed E-state index contributed by atoms with van der Waals surface area (Å²) in [6.45, 7) is 1.87. The lowest BCUT2D eigenvalue weighted by molar-refractivity contribution is 0.218. The molecule has 1 aromatic rings. The molecule has 0 saturated carbocycles. The first-order valence-electron chi connectivity index (χ1n) is 5.37. The van der Waals surface area contributed by atoms with Crippen LogP contribution in [-0.4, -0.2) is 24.3 Å². The van der Waals surface area contributed by atoms with Crippen LogP contribution in [-0.2, 0) is 0 Å². The van der Waals surface area contributed by atoms with Crippen LogP contribution >= 0.6 is 0 Å². The molecule has 0 bridgehead atoms. The highest BCUT2D eigenvalue weighted by Crippen LogP contribution is 2.10. The summed E-state index contributed by atoms with van der Waals surface area (Å²) in [5.41, 5.74) is 0.867. The zero-order valence-electron chi connectivity index (χ0n) is 9.73. The molecule has 0 aliphatic carbocycles. The Balaban J connectivity index is 2.52. The normalized spacial score (nSPS) is 10.9. The van der Waals surface area contributed by atoms with E-state index in [1.807, 2.05) is 30.3 Å². The van der Waals surface area contributed by atoms with Gasteiger partial charge in [0.1, 0.15) is 0 Å². The Kier molecular flexibility index (Phi) is 5.62. The summed E-state index contributed by atoms with van der Waals surface area (Å²) in [6.07, 6.45) is 0. The van der Waals surface area contributed by atoms with Gasteiger partial charge in [0.15, 0.2) is 0 Å². The Bertz CT molecular complexity index is 406. The fourth-order valence-corrected chi connectivity index (χ4v) is 1.34. The lowest BCUT2D eigenvalue weighted by Gasteiger charge is -2.16. The molecule has 1 rings (SSSR count). The third-order valence-corrected chi connectivity index (χ3v) is 2.20. The SMILES string of the molecule is CC#CCNC(=O)N[C@@H](CO)c1ccccc1. The van der Waals surface area contributed by atoms with Gasteiger partial charge < -0.3 is 15.7 Å². The lowest BCUT2D eigenvalue weighted by Crippen LogP contribution is -2.39. The highest BCUT2D eigenvalue weighted by Gasteiger charge is 2.12. The lowest BCUT2D eigenvalue weighted by atomic mass is 10.1. The number of rotatable bonds is 4. The minimum absolute atomic E-state index is 0.142. The molecule has 1 atom stereocenters. The van der Waals surface area contributed by atoms with Crippen molar-refractivity contribution in [3.63, 3.8) is 0 Å². The first-order valence-corrected chi connectivity index (χ1v) is 5.37. The van der Waals surface area contributed by atoms with E-state index in [9.17, 15) is 9.90 Å². The van der Waals surface area contributed by atoms with Crippen LogP contribution in [0.15, 0.2) is 30.3 Å². The van der Waals surface area contributed by atoms with Gasteiger partial charge in [0.25, 0.3) is 0 Å². The number of nitrogens with one attached hydrogen (secondary N) is 2. The van der Waals surface area contributed by atoms with Gasteiger partial charge in [-0.05, 0) is 12.5 Å². The van der Waals surface area contributed by atoms with Crippen LogP contribution in [0.1, 0.15) is 18.5 Å². The highest BCUT2D eigenvalue weighted by atomic mass is 16.3. The molecular weight excluding hydrogens is 216 g/mol. The van der Waals surface area contributed by atoms with Gasteiger partial charge in [-0.25, -0.2) is 4.79 Å². The largest absolute Gasteiger partial charge is 0.394 e.